The molecule has 2 rings (SSSR count). The maximum Gasteiger partial charge on any atom is 0.387 e. The molecule has 1 N–H and O–H groups in total. The molecule has 1 unspecified atom stereocenters. The van der Waals surface area contributed by atoms with Gasteiger partial charge in [0.05, 0.1) is 5.69 Å². The van der Waals surface area contributed by atoms with Gasteiger partial charge in [0, 0.05) is 25.7 Å². The summed E-state index contributed by atoms with van der Waals surface area (Å²) < 4.78 is 30.8. The molecule has 21 heavy (non-hydrogen) atoms. The van der Waals surface area contributed by atoms with E-state index in [4.69, 9.17) is 0 Å². The van der Waals surface area contributed by atoms with Crippen LogP contribution in [-0.2, 0) is 13.5 Å². The van der Waals surface area contributed by atoms with Crippen LogP contribution in [0.1, 0.15) is 24.2 Å². The number of ether oxygens (including phenoxy) is 1. The first kappa shape index (κ1) is 15.4. The number of benzene rings is 1. The van der Waals surface area contributed by atoms with E-state index >= 15 is 0 Å². The molecule has 0 spiro atoms. The fourth-order valence-electron chi connectivity index (χ4n) is 2.24. The molecule has 1 atom stereocenters. The molecule has 0 amide bonds. The van der Waals surface area contributed by atoms with Crippen molar-refractivity contribution in [2.24, 2.45) is 7.05 Å². The van der Waals surface area contributed by atoms with Gasteiger partial charge in [0.2, 0.25) is 0 Å². The highest BCUT2D eigenvalue weighted by molar-refractivity contribution is 5.31. The van der Waals surface area contributed by atoms with Crippen molar-refractivity contribution in [3.63, 3.8) is 0 Å². The van der Waals surface area contributed by atoms with Gasteiger partial charge in [0.25, 0.3) is 0 Å². The molecule has 1 heterocycles. The largest absolute Gasteiger partial charge is 0.435 e. The van der Waals surface area contributed by atoms with Crippen molar-refractivity contribution in [3.8, 4) is 5.75 Å². The summed E-state index contributed by atoms with van der Waals surface area (Å²) in [6, 6.07) is 8.74. The molecule has 4 nitrogen and oxygen atoms in total. The van der Waals surface area contributed by atoms with E-state index in [1.807, 2.05) is 32.3 Å². The van der Waals surface area contributed by atoms with E-state index in [0.717, 1.165) is 17.8 Å². The van der Waals surface area contributed by atoms with Gasteiger partial charge in [-0.05, 0) is 30.3 Å². The van der Waals surface area contributed by atoms with Gasteiger partial charge in [0.1, 0.15) is 5.75 Å². The van der Waals surface area contributed by atoms with Gasteiger partial charge in [-0.3, -0.25) is 4.68 Å². The molecule has 0 radical (unpaired) electrons. The number of likely N-dealkylation sites (N-methyl/N-ethyl adjacent to an activating group) is 1. The molecule has 1 aromatic heterocycles. The quantitative estimate of drug-likeness (QED) is 0.853. The van der Waals surface area contributed by atoms with Crippen LogP contribution in [0.2, 0.25) is 0 Å². The van der Waals surface area contributed by atoms with Gasteiger partial charge in [-0.25, -0.2) is 0 Å². The Morgan fingerprint density at radius 2 is 2.14 bits per heavy atom. The zero-order valence-corrected chi connectivity index (χ0v) is 12.1. The summed E-state index contributed by atoms with van der Waals surface area (Å²) in [5, 5.41) is 7.70. The normalized spacial score (nSPS) is 12.6. The Bertz CT molecular complexity index is 572. The highest BCUT2D eigenvalue weighted by Crippen LogP contribution is 2.23. The summed E-state index contributed by atoms with van der Waals surface area (Å²) in [5.74, 6) is 0.173. The minimum Gasteiger partial charge on any atom is -0.435 e. The molecule has 0 saturated carbocycles. The highest BCUT2D eigenvalue weighted by atomic mass is 19.3. The first-order valence-corrected chi connectivity index (χ1v) is 6.85. The summed E-state index contributed by atoms with van der Waals surface area (Å²) in [6.45, 7) is -0.0313. The fourth-order valence-corrected chi connectivity index (χ4v) is 2.24. The molecule has 0 fully saturated rings. The Morgan fingerprint density at radius 3 is 2.76 bits per heavy atom. The topological polar surface area (TPSA) is 39.1 Å². The first-order valence-electron chi connectivity index (χ1n) is 6.85. The van der Waals surface area contributed by atoms with Crippen LogP contribution in [0.5, 0.6) is 5.75 Å². The van der Waals surface area contributed by atoms with Crippen LogP contribution in [0.15, 0.2) is 36.5 Å². The van der Waals surface area contributed by atoms with Crippen LogP contribution < -0.4 is 10.1 Å². The number of nitrogens with one attached hydrogen (secondary N) is 1. The Morgan fingerprint density at radius 1 is 1.33 bits per heavy atom. The van der Waals surface area contributed by atoms with E-state index in [-0.39, 0.29) is 11.8 Å². The summed E-state index contributed by atoms with van der Waals surface area (Å²) in [5.41, 5.74) is 1.85. The number of halogens is 2. The van der Waals surface area contributed by atoms with Gasteiger partial charge in [-0.1, -0.05) is 19.1 Å². The Kier molecular flexibility index (Phi) is 5.27. The molecular formula is C15H19F2N3O. The van der Waals surface area contributed by atoms with E-state index < -0.39 is 6.61 Å². The van der Waals surface area contributed by atoms with Crippen molar-refractivity contribution in [1.29, 1.82) is 0 Å². The van der Waals surface area contributed by atoms with Gasteiger partial charge >= 0.3 is 6.61 Å². The van der Waals surface area contributed by atoms with E-state index in [9.17, 15) is 8.78 Å². The summed E-state index contributed by atoms with van der Waals surface area (Å²) in [4.78, 5) is 0. The molecule has 6 heteroatoms. The summed E-state index contributed by atoms with van der Waals surface area (Å²) in [7, 11) is 1.86. The molecule has 0 bridgehead atoms. The molecule has 0 saturated heterocycles. The maximum absolute atomic E-state index is 12.3. The molecule has 2 aromatic rings. The highest BCUT2D eigenvalue weighted by Gasteiger charge is 2.14. The third-order valence-corrected chi connectivity index (χ3v) is 3.12. The molecule has 0 aliphatic rings. The van der Waals surface area contributed by atoms with E-state index in [2.05, 4.69) is 15.2 Å². The molecule has 0 aliphatic heterocycles. The standard InChI is InChI=1S/C15H19F2N3O/c1-3-18-14(10-12-7-8-20(2)19-12)11-5-4-6-13(9-11)21-15(16)17/h4-9,14-15,18H,3,10H2,1-2H3. The number of rotatable bonds is 7. The smallest absolute Gasteiger partial charge is 0.387 e. The lowest BCUT2D eigenvalue weighted by molar-refractivity contribution is -0.0499. The van der Waals surface area contributed by atoms with Crippen LogP contribution >= 0.6 is 0 Å². The van der Waals surface area contributed by atoms with Crippen LogP contribution in [0, 0.1) is 0 Å². The summed E-state index contributed by atoms with van der Waals surface area (Å²) >= 11 is 0. The van der Waals surface area contributed by atoms with Crippen molar-refractivity contribution in [2.75, 3.05) is 6.54 Å². The van der Waals surface area contributed by atoms with E-state index in [1.54, 1.807) is 16.8 Å². The Hall–Kier alpha value is -1.95. The van der Waals surface area contributed by atoms with Gasteiger partial charge in [0.15, 0.2) is 0 Å². The number of aryl methyl sites for hydroxylation is 1. The third kappa shape index (κ3) is 4.53. The molecule has 0 aliphatic carbocycles. The first-order chi connectivity index (χ1) is 10.1. The zero-order chi connectivity index (χ0) is 15.2. The Labute approximate surface area is 122 Å². The van der Waals surface area contributed by atoms with Gasteiger partial charge in [-0.2, -0.15) is 13.9 Å². The second-order valence-corrected chi connectivity index (χ2v) is 4.75. The SMILES string of the molecule is CCNC(Cc1ccn(C)n1)c1cccc(OC(F)F)c1. The average molecular weight is 295 g/mol. The van der Waals surface area contributed by atoms with Crippen molar-refractivity contribution in [3.05, 3.63) is 47.8 Å². The predicted molar refractivity (Wildman–Crippen MR) is 76.4 cm³/mol. The summed E-state index contributed by atoms with van der Waals surface area (Å²) in [6.07, 6.45) is 2.57. The number of aromatic nitrogens is 2. The van der Waals surface area contributed by atoms with E-state index in [1.165, 1.54) is 6.07 Å². The van der Waals surface area contributed by atoms with Crippen molar-refractivity contribution < 1.29 is 13.5 Å². The van der Waals surface area contributed by atoms with Crippen LogP contribution in [-0.4, -0.2) is 22.9 Å². The van der Waals surface area contributed by atoms with Gasteiger partial charge in [-0.15, -0.1) is 0 Å². The van der Waals surface area contributed by atoms with Gasteiger partial charge < -0.3 is 10.1 Å². The third-order valence-electron chi connectivity index (χ3n) is 3.12. The van der Waals surface area contributed by atoms with Crippen LogP contribution in [0.25, 0.3) is 0 Å². The average Bonchev–Trinajstić information content (AvgIpc) is 2.83. The number of alkyl halides is 2. The monoisotopic (exact) mass is 295 g/mol. The lowest BCUT2D eigenvalue weighted by atomic mass is 10.0. The molecule has 1 aromatic carbocycles. The number of nitrogens with zero attached hydrogens (tertiary/aromatic N) is 2. The molecule has 114 valence electrons. The lowest BCUT2D eigenvalue weighted by Crippen LogP contribution is -2.23. The zero-order valence-electron chi connectivity index (χ0n) is 12.1. The minimum atomic E-state index is -2.81. The van der Waals surface area contributed by atoms with Crippen LogP contribution in [0.3, 0.4) is 0 Å². The second kappa shape index (κ2) is 7.17. The van der Waals surface area contributed by atoms with Crippen LogP contribution in [0.4, 0.5) is 8.78 Å². The second-order valence-electron chi connectivity index (χ2n) is 4.75. The molecular weight excluding hydrogens is 276 g/mol. The maximum atomic E-state index is 12.3. The van der Waals surface area contributed by atoms with Crippen molar-refractivity contribution in [1.82, 2.24) is 15.1 Å². The van der Waals surface area contributed by atoms with E-state index in [0.29, 0.717) is 6.42 Å². The number of hydrogen-bond acceptors (Lipinski definition) is 3. The minimum absolute atomic E-state index is 0.00567. The Balaban J connectivity index is 2.17. The predicted octanol–water partition coefficient (Wildman–Crippen LogP) is 2.91. The van der Waals surface area contributed by atoms with Crippen molar-refractivity contribution in [2.45, 2.75) is 26.0 Å². The lowest BCUT2D eigenvalue weighted by Gasteiger charge is -2.18. The van der Waals surface area contributed by atoms with Crippen molar-refractivity contribution >= 4 is 0 Å². The number of hydrogen-bond donors (Lipinski definition) is 1. The fraction of sp³-hybridized carbons (Fsp3) is 0.400.